The summed E-state index contributed by atoms with van der Waals surface area (Å²) in [7, 11) is 0. The molecule has 1 amide bonds. The second kappa shape index (κ2) is 10.5. The number of benzene rings is 2. The quantitative estimate of drug-likeness (QED) is 0.251. The minimum atomic E-state index is -5.03. The van der Waals surface area contributed by atoms with Gasteiger partial charge in [0.05, 0.1) is 11.2 Å². The molecule has 1 aliphatic carbocycles. The molecule has 0 aliphatic heterocycles. The van der Waals surface area contributed by atoms with Crippen LogP contribution in [0, 0.1) is 11.7 Å². The van der Waals surface area contributed by atoms with Gasteiger partial charge in [0.15, 0.2) is 5.69 Å². The van der Waals surface area contributed by atoms with Gasteiger partial charge in [0.1, 0.15) is 11.5 Å². The minimum Gasteiger partial charge on any atom is -0.364 e. The zero-order valence-electron chi connectivity index (χ0n) is 21.5. The molecule has 1 atom stereocenters. The first-order valence-electron chi connectivity index (χ1n) is 12.8. The number of nitrogens with zero attached hydrogens (tertiary/aromatic N) is 3. The maximum atomic E-state index is 15.5. The van der Waals surface area contributed by atoms with Crippen molar-refractivity contribution in [1.29, 1.82) is 0 Å². The Kier molecular flexibility index (Phi) is 7.19. The van der Waals surface area contributed by atoms with Crippen LogP contribution < -0.4 is 17.2 Å². The van der Waals surface area contributed by atoms with Crippen LogP contribution in [-0.2, 0) is 18.3 Å². The highest BCUT2D eigenvalue weighted by atomic mass is 19.4. The molecule has 11 heteroatoms. The summed E-state index contributed by atoms with van der Waals surface area (Å²) in [6.07, 6.45) is 1.56. The molecular formula is C29H28F4N6O. The van der Waals surface area contributed by atoms with Gasteiger partial charge in [-0.25, -0.2) is 9.07 Å². The van der Waals surface area contributed by atoms with Gasteiger partial charge < -0.3 is 17.2 Å². The summed E-state index contributed by atoms with van der Waals surface area (Å²) in [5, 5.41) is 3.73. The number of nitrogens with two attached hydrogens (primary N) is 3. The van der Waals surface area contributed by atoms with E-state index in [4.69, 9.17) is 17.2 Å². The van der Waals surface area contributed by atoms with Crippen molar-refractivity contribution in [2.75, 3.05) is 0 Å². The molecule has 1 saturated carbocycles. The number of halogens is 4. The Balaban J connectivity index is 1.75. The summed E-state index contributed by atoms with van der Waals surface area (Å²) in [4.78, 5) is 16.9. The van der Waals surface area contributed by atoms with Crippen molar-refractivity contribution in [1.82, 2.24) is 14.8 Å². The van der Waals surface area contributed by atoms with Crippen molar-refractivity contribution in [3.63, 3.8) is 0 Å². The molecule has 5 rings (SSSR count). The van der Waals surface area contributed by atoms with Crippen LogP contribution in [0.5, 0.6) is 0 Å². The molecule has 4 aromatic rings. The molecule has 1 unspecified atom stereocenters. The van der Waals surface area contributed by atoms with E-state index in [1.807, 2.05) is 0 Å². The lowest BCUT2D eigenvalue weighted by atomic mass is 9.79. The van der Waals surface area contributed by atoms with E-state index in [1.165, 1.54) is 24.3 Å². The molecule has 0 spiro atoms. The standard InChI is InChI=1S/C29H28F4N6O/c30-23-9-8-19(28(36,11-10-17-6-7-17)20-4-2-12-37-16-20)14-22(23)24-25(27(35)40)39(38-26(24)29(31,32)33)21-5-1-3-18(13-21)15-34/h1-5,8-9,12-14,16-17H,6-7,10-11,15,34,36H2,(H2,35,40). The Hall–Kier alpha value is -4.09. The first-order chi connectivity index (χ1) is 19.0. The highest BCUT2D eigenvalue weighted by Gasteiger charge is 2.42. The zero-order valence-corrected chi connectivity index (χ0v) is 21.5. The Morgan fingerprint density at radius 1 is 1.05 bits per heavy atom. The molecule has 7 nitrogen and oxygen atoms in total. The third kappa shape index (κ3) is 5.22. The smallest absolute Gasteiger partial charge is 0.364 e. The number of rotatable bonds is 9. The summed E-state index contributed by atoms with van der Waals surface area (Å²) >= 11 is 0. The lowest BCUT2D eigenvalue weighted by molar-refractivity contribution is -0.140. The molecule has 208 valence electrons. The number of primary amides is 1. The lowest BCUT2D eigenvalue weighted by Gasteiger charge is -2.31. The van der Waals surface area contributed by atoms with Gasteiger partial charge in [0, 0.05) is 30.1 Å². The Bertz CT molecular complexity index is 1550. The van der Waals surface area contributed by atoms with Crippen LogP contribution in [0.2, 0.25) is 0 Å². The van der Waals surface area contributed by atoms with E-state index in [0.717, 1.165) is 30.0 Å². The minimum absolute atomic E-state index is 0.102. The summed E-state index contributed by atoms with van der Waals surface area (Å²) in [6, 6.07) is 13.4. The molecular weight excluding hydrogens is 524 g/mol. The SMILES string of the molecule is NCc1cccc(-n2nc(C(F)(F)F)c(-c3cc(C(N)(CCC4CC4)c4cccnc4)ccc3F)c2C(N)=O)c1. The van der Waals surface area contributed by atoms with E-state index in [-0.39, 0.29) is 12.2 Å². The van der Waals surface area contributed by atoms with Crippen LogP contribution in [-0.4, -0.2) is 20.7 Å². The monoisotopic (exact) mass is 552 g/mol. The Labute approximate surface area is 228 Å². The molecule has 0 radical (unpaired) electrons. The molecule has 2 aromatic carbocycles. The van der Waals surface area contributed by atoms with Crippen LogP contribution in [0.1, 0.15) is 58.6 Å². The average molecular weight is 553 g/mol. The predicted molar refractivity (Wildman–Crippen MR) is 142 cm³/mol. The molecule has 2 heterocycles. The highest BCUT2D eigenvalue weighted by Crippen LogP contribution is 2.44. The van der Waals surface area contributed by atoms with Gasteiger partial charge in [-0.2, -0.15) is 18.3 Å². The number of amides is 1. The summed E-state index contributed by atoms with van der Waals surface area (Å²) in [5.74, 6) is -1.68. The fourth-order valence-electron chi connectivity index (χ4n) is 5.02. The van der Waals surface area contributed by atoms with Crippen molar-refractivity contribution in [3.05, 3.63) is 101 Å². The third-order valence-electron chi connectivity index (χ3n) is 7.35. The summed E-state index contributed by atoms with van der Waals surface area (Å²) < 4.78 is 59.5. The van der Waals surface area contributed by atoms with E-state index >= 15 is 4.39 Å². The second-order valence-electron chi connectivity index (χ2n) is 10.1. The van der Waals surface area contributed by atoms with E-state index < -0.39 is 46.0 Å². The largest absolute Gasteiger partial charge is 0.435 e. The number of aromatic nitrogens is 3. The topological polar surface area (TPSA) is 126 Å². The maximum Gasteiger partial charge on any atom is 0.435 e. The number of pyridine rings is 1. The lowest BCUT2D eigenvalue weighted by Crippen LogP contribution is -2.38. The molecule has 0 bridgehead atoms. The van der Waals surface area contributed by atoms with Crippen LogP contribution in [0.25, 0.3) is 16.8 Å². The van der Waals surface area contributed by atoms with Crippen LogP contribution in [0.3, 0.4) is 0 Å². The van der Waals surface area contributed by atoms with Crippen molar-refractivity contribution >= 4 is 5.91 Å². The molecule has 2 aromatic heterocycles. The maximum absolute atomic E-state index is 15.5. The molecule has 1 fully saturated rings. The van der Waals surface area contributed by atoms with E-state index in [9.17, 15) is 18.0 Å². The molecule has 1 aliphatic rings. The Morgan fingerprint density at radius 2 is 1.82 bits per heavy atom. The molecule has 6 N–H and O–H groups in total. The zero-order chi connectivity index (χ0) is 28.7. The van der Waals surface area contributed by atoms with E-state index in [1.54, 1.807) is 36.7 Å². The van der Waals surface area contributed by atoms with Gasteiger partial charge in [0.2, 0.25) is 0 Å². The van der Waals surface area contributed by atoms with Gasteiger partial charge in [-0.3, -0.25) is 9.78 Å². The number of carbonyl (C=O) groups is 1. The molecule has 0 saturated heterocycles. The summed E-state index contributed by atoms with van der Waals surface area (Å²) in [5.41, 5.74) is 15.5. The van der Waals surface area contributed by atoms with Gasteiger partial charge in [-0.05, 0) is 65.8 Å². The van der Waals surface area contributed by atoms with E-state index in [0.29, 0.717) is 29.0 Å². The molecule has 40 heavy (non-hydrogen) atoms. The Morgan fingerprint density at radius 3 is 2.45 bits per heavy atom. The summed E-state index contributed by atoms with van der Waals surface area (Å²) in [6.45, 7) is 0.102. The highest BCUT2D eigenvalue weighted by molar-refractivity contribution is 6.00. The normalized spacial score (nSPS) is 15.2. The van der Waals surface area contributed by atoms with Crippen molar-refractivity contribution in [3.8, 4) is 16.8 Å². The van der Waals surface area contributed by atoms with Crippen molar-refractivity contribution < 1.29 is 22.4 Å². The van der Waals surface area contributed by atoms with Gasteiger partial charge in [-0.15, -0.1) is 0 Å². The van der Waals surface area contributed by atoms with Crippen LogP contribution >= 0.6 is 0 Å². The first kappa shape index (κ1) is 27.5. The predicted octanol–water partition coefficient (Wildman–Crippen LogP) is 5.04. The van der Waals surface area contributed by atoms with Gasteiger partial charge in [0.25, 0.3) is 5.91 Å². The third-order valence-corrected chi connectivity index (χ3v) is 7.35. The van der Waals surface area contributed by atoms with Crippen LogP contribution in [0.15, 0.2) is 67.0 Å². The fraction of sp³-hybridized carbons (Fsp3) is 0.276. The van der Waals surface area contributed by atoms with Gasteiger partial charge in [-0.1, -0.05) is 37.1 Å². The average Bonchev–Trinajstić information content (AvgIpc) is 3.68. The van der Waals surface area contributed by atoms with Crippen molar-refractivity contribution in [2.24, 2.45) is 23.1 Å². The van der Waals surface area contributed by atoms with E-state index in [2.05, 4.69) is 10.1 Å². The first-order valence-corrected chi connectivity index (χ1v) is 12.8. The second-order valence-corrected chi connectivity index (χ2v) is 10.1. The number of hydrogen-bond acceptors (Lipinski definition) is 5. The fourth-order valence-corrected chi connectivity index (χ4v) is 5.02. The van der Waals surface area contributed by atoms with Crippen molar-refractivity contribution in [2.45, 2.75) is 43.9 Å². The van der Waals surface area contributed by atoms with Crippen LogP contribution in [0.4, 0.5) is 17.6 Å². The number of carbonyl (C=O) groups excluding carboxylic acids is 1. The number of alkyl halides is 3. The van der Waals surface area contributed by atoms with Gasteiger partial charge >= 0.3 is 6.18 Å². The number of hydrogen-bond donors (Lipinski definition) is 3.